The van der Waals surface area contributed by atoms with Crippen molar-refractivity contribution in [2.45, 2.75) is 18.5 Å². The number of halogens is 3. The van der Waals surface area contributed by atoms with Gasteiger partial charge in [-0.1, -0.05) is 18.2 Å². The van der Waals surface area contributed by atoms with Crippen LogP contribution in [0, 0.1) is 5.82 Å². The van der Waals surface area contributed by atoms with Gasteiger partial charge in [-0.15, -0.1) is 12.4 Å². The van der Waals surface area contributed by atoms with Crippen molar-refractivity contribution in [2.75, 3.05) is 56.1 Å². The fraction of sp³-hybridized carbons (Fsp3) is 0.455. The maximum absolute atomic E-state index is 15.4. The summed E-state index contributed by atoms with van der Waals surface area (Å²) in [5.74, 6) is 0.294. The number of hydrogen-bond acceptors (Lipinski definition) is 5. The van der Waals surface area contributed by atoms with Crippen LogP contribution in [0.2, 0.25) is 0 Å². The molecule has 0 bridgehead atoms. The van der Waals surface area contributed by atoms with Crippen LogP contribution in [0.5, 0.6) is 0 Å². The highest BCUT2D eigenvalue weighted by Crippen LogP contribution is 2.39. The molecule has 0 amide bonds. The molecule has 1 aromatic carbocycles. The molecule has 0 N–H and O–H groups in total. The summed E-state index contributed by atoms with van der Waals surface area (Å²) in [4.78, 5) is 22.7. The Morgan fingerprint density at radius 1 is 0.967 bits per heavy atom. The normalized spacial score (nSPS) is 19.3. The van der Waals surface area contributed by atoms with Gasteiger partial charge in [-0.05, 0) is 25.2 Å². The molecule has 0 saturated carbocycles. The molecule has 0 unspecified atom stereocenters. The van der Waals surface area contributed by atoms with Crippen LogP contribution in [0.1, 0.15) is 28.9 Å². The Kier molecular flexibility index (Phi) is 6.93. The van der Waals surface area contributed by atoms with Gasteiger partial charge in [-0.25, -0.2) is 13.8 Å². The van der Waals surface area contributed by atoms with E-state index in [9.17, 15) is 9.18 Å². The molecule has 162 valence electrons. The number of nitrogens with zero attached hydrogens (tertiary/aromatic N) is 4. The van der Waals surface area contributed by atoms with E-state index in [0.29, 0.717) is 24.5 Å². The summed E-state index contributed by atoms with van der Waals surface area (Å²) in [7, 11) is 2.09. The molecule has 2 aromatic rings. The van der Waals surface area contributed by atoms with Gasteiger partial charge in [0.2, 0.25) is 0 Å². The van der Waals surface area contributed by atoms with E-state index in [2.05, 4.69) is 21.8 Å². The quantitative estimate of drug-likeness (QED) is 0.684. The van der Waals surface area contributed by atoms with E-state index in [1.165, 1.54) is 12.1 Å². The zero-order valence-electron chi connectivity index (χ0n) is 17.1. The van der Waals surface area contributed by atoms with Gasteiger partial charge in [0, 0.05) is 57.7 Å². The van der Waals surface area contributed by atoms with Crippen molar-refractivity contribution in [1.29, 1.82) is 0 Å². The summed E-state index contributed by atoms with van der Waals surface area (Å²) in [5.41, 5.74) is -0.470. The number of benzene rings is 1. The van der Waals surface area contributed by atoms with Crippen LogP contribution in [0.15, 0.2) is 36.4 Å². The monoisotopic (exact) mass is 436 g/mol. The number of alkyl halides is 1. The Bertz CT molecular complexity index is 881. The number of likely N-dealkylation sites (N-methyl/N-ethyl adjacent to an activating group) is 1. The minimum atomic E-state index is -1.68. The van der Waals surface area contributed by atoms with E-state index in [4.69, 9.17) is 0 Å². The predicted octanol–water partition coefficient (Wildman–Crippen LogP) is 3.67. The highest BCUT2D eigenvalue weighted by molar-refractivity contribution is 5.85. The fourth-order valence-electron chi connectivity index (χ4n) is 4.22. The Hall–Kier alpha value is -2.25. The largest absolute Gasteiger partial charge is 0.369 e. The van der Waals surface area contributed by atoms with Gasteiger partial charge in [0.05, 0.1) is 5.69 Å². The Balaban J connectivity index is 0.00000256. The van der Waals surface area contributed by atoms with Gasteiger partial charge in [-0.3, -0.25) is 4.79 Å². The van der Waals surface area contributed by atoms with Crippen molar-refractivity contribution in [3.8, 4) is 0 Å². The van der Waals surface area contributed by atoms with Crippen LogP contribution in [0.4, 0.5) is 20.3 Å². The van der Waals surface area contributed by atoms with Crippen LogP contribution < -0.4 is 9.80 Å². The van der Waals surface area contributed by atoms with Gasteiger partial charge in [0.15, 0.2) is 6.29 Å². The topological polar surface area (TPSA) is 39.7 Å². The van der Waals surface area contributed by atoms with E-state index in [1.54, 1.807) is 12.1 Å². The molecule has 1 aromatic heterocycles. The molecule has 2 aliphatic heterocycles. The lowest BCUT2D eigenvalue weighted by Gasteiger charge is -2.38. The van der Waals surface area contributed by atoms with Crippen molar-refractivity contribution in [2.24, 2.45) is 0 Å². The van der Waals surface area contributed by atoms with Gasteiger partial charge in [0.25, 0.3) is 0 Å². The summed E-state index contributed by atoms with van der Waals surface area (Å²) in [5, 5.41) is 0. The lowest BCUT2D eigenvalue weighted by atomic mass is 9.85. The summed E-state index contributed by atoms with van der Waals surface area (Å²) < 4.78 is 29.5. The van der Waals surface area contributed by atoms with Crippen LogP contribution in [0.3, 0.4) is 0 Å². The number of hydrogen-bond donors (Lipinski definition) is 0. The second-order valence-corrected chi connectivity index (χ2v) is 7.91. The molecule has 2 fully saturated rings. The maximum atomic E-state index is 15.4. The molecule has 0 radical (unpaired) electrons. The number of pyridine rings is 1. The van der Waals surface area contributed by atoms with Crippen LogP contribution in [-0.4, -0.2) is 62.5 Å². The number of piperazine rings is 1. The van der Waals surface area contributed by atoms with E-state index in [1.807, 2.05) is 17.0 Å². The standard InChI is InChI=1S/C22H26F2N4O.ClH/c1-26-12-14-28(15-13-26)21-7-6-20(19(16-29)25-21)27-10-8-22(24,9-11-27)17-4-2-3-5-18(17)23;/h2-7,16H,8-15H2,1H3;1H. The van der Waals surface area contributed by atoms with Gasteiger partial charge >= 0.3 is 0 Å². The number of carbonyl (C=O) groups excluding carboxylic acids is 1. The third kappa shape index (κ3) is 4.42. The first-order valence-corrected chi connectivity index (χ1v) is 10.1. The third-order valence-corrected chi connectivity index (χ3v) is 6.08. The molecular weight excluding hydrogens is 410 g/mol. The SMILES string of the molecule is CN1CCN(c2ccc(N3CCC(F)(c4ccccc4F)CC3)c(C=O)n2)CC1.Cl. The molecule has 4 rings (SSSR count). The van der Waals surface area contributed by atoms with Crippen molar-refractivity contribution >= 4 is 30.2 Å². The summed E-state index contributed by atoms with van der Waals surface area (Å²) in [6.45, 7) is 4.47. The number of piperidine rings is 1. The molecule has 2 aliphatic rings. The second kappa shape index (κ2) is 9.27. The molecule has 30 heavy (non-hydrogen) atoms. The van der Waals surface area contributed by atoms with E-state index >= 15 is 4.39 Å². The minimum Gasteiger partial charge on any atom is -0.369 e. The first kappa shape index (κ1) is 22.4. The van der Waals surface area contributed by atoms with E-state index < -0.39 is 11.5 Å². The highest BCUT2D eigenvalue weighted by atomic mass is 35.5. The van der Waals surface area contributed by atoms with Crippen molar-refractivity contribution in [3.05, 3.63) is 53.5 Å². The summed E-state index contributed by atoms with van der Waals surface area (Å²) >= 11 is 0. The lowest BCUT2D eigenvalue weighted by Crippen LogP contribution is -2.45. The molecule has 0 atom stereocenters. The van der Waals surface area contributed by atoms with Gasteiger partial charge in [0.1, 0.15) is 23.0 Å². The van der Waals surface area contributed by atoms with Crippen molar-refractivity contribution in [3.63, 3.8) is 0 Å². The molecular formula is C22H27ClF2N4O. The van der Waals surface area contributed by atoms with E-state index in [0.717, 1.165) is 38.3 Å². The number of rotatable bonds is 4. The zero-order valence-corrected chi connectivity index (χ0v) is 17.9. The number of aldehydes is 1. The first-order chi connectivity index (χ1) is 14.0. The molecule has 5 nitrogen and oxygen atoms in total. The Morgan fingerprint density at radius 2 is 1.63 bits per heavy atom. The fourth-order valence-corrected chi connectivity index (χ4v) is 4.22. The van der Waals surface area contributed by atoms with E-state index in [-0.39, 0.29) is 30.8 Å². The maximum Gasteiger partial charge on any atom is 0.170 e. The molecule has 2 saturated heterocycles. The summed E-state index contributed by atoms with van der Waals surface area (Å²) in [6, 6.07) is 9.89. The minimum absolute atomic E-state index is 0. The van der Waals surface area contributed by atoms with Gasteiger partial charge < -0.3 is 14.7 Å². The molecule has 8 heteroatoms. The number of carbonyl (C=O) groups is 1. The van der Waals surface area contributed by atoms with Crippen LogP contribution in [0.25, 0.3) is 0 Å². The average Bonchev–Trinajstić information content (AvgIpc) is 2.75. The number of anilines is 2. The average molecular weight is 437 g/mol. The Morgan fingerprint density at radius 3 is 2.27 bits per heavy atom. The smallest absolute Gasteiger partial charge is 0.170 e. The molecule has 3 heterocycles. The molecule has 0 aliphatic carbocycles. The van der Waals surface area contributed by atoms with Crippen LogP contribution >= 0.6 is 12.4 Å². The third-order valence-electron chi connectivity index (χ3n) is 6.08. The second-order valence-electron chi connectivity index (χ2n) is 7.91. The summed E-state index contributed by atoms with van der Waals surface area (Å²) in [6.07, 6.45) is 1.11. The lowest BCUT2D eigenvalue weighted by molar-refractivity contribution is 0.111. The highest BCUT2D eigenvalue weighted by Gasteiger charge is 2.38. The first-order valence-electron chi connectivity index (χ1n) is 10.1. The predicted molar refractivity (Wildman–Crippen MR) is 117 cm³/mol. The van der Waals surface area contributed by atoms with Gasteiger partial charge in [-0.2, -0.15) is 0 Å². The van der Waals surface area contributed by atoms with Crippen LogP contribution in [-0.2, 0) is 5.67 Å². The van der Waals surface area contributed by atoms with Crippen molar-refractivity contribution in [1.82, 2.24) is 9.88 Å². The molecule has 0 spiro atoms. The Labute approximate surface area is 182 Å². The van der Waals surface area contributed by atoms with Crippen molar-refractivity contribution < 1.29 is 13.6 Å². The zero-order chi connectivity index (χ0) is 20.4. The number of aromatic nitrogens is 1.